The van der Waals surface area contributed by atoms with E-state index in [2.05, 4.69) is 152 Å². The maximum atomic E-state index is 15.8. The van der Waals surface area contributed by atoms with E-state index in [1.165, 1.54) is 0 Å². The van der Waals surface area contributed by atoms with Gasteiger partial charge in [-0.25, -0.2) is 0 Å². The van der Waals surface area contributed by atoms with Gasteiger partial charge in [-0.15, -0.1) is 0 Å². The minimum Gasteiger partial charge on any atom is -0.308 e. The fourth-order valence-corrected chi connectivity index (χ4v) is 14.1. The number of benzene rings is 9. The SMILES string of the molecule is CC12C(=O)c3cc4c(cc3C(c3ccccc31)c1ccccc12)c1cc2c(c3ccccc3c(=O)n2-c2ccccc2)c2c3cc5c(cc3n4c12)C(=O)C1(C)c2ccccc2C5c2ccccc21. The first-order valence-corrected chi connectivity index (χ1v) is 23.6. The monoisotopic (exact) mass is 870 g/mol. The summed E-state index contributed by atoms with van der Waals surface area (Å²) < 4.78 is 4.23. The summed E-state index contributed by atoms with van der Waals surface area (Å²) in [5, 5.41) is 6.51. The Morgan fingerprint density at radius 3 is 1.35 bits per heavy atom. The van der Waals surface area contributed by atoms with Crippen LogP contribution in [0.5, 0.6) is 0 Å². The maximum absolute atomic E-state index is 15.8. The molecule has 12 aromatic rings. The van der Waals surface area contributed by atoms with Gasteiger partial charge in [0.05, 0.1) is 32.9 Å². The molecule has 6 aliphatic rings. The van der Waals surface area contributed by atoms with E-state index in [9.17, 15) is 0 Å². The molecule has 0 spiro atoms. The van der Waals surface area contributed by atoms with E-state index in [0.717, 1.165) is 116 Å². The first kappa shape index (κ1) is 36.8. The van der Waals surface area contributed by atoms with Gasteiger partial charge in [-0.2, -0.15) is 0 Å². The molecule has 0 aliphatic heterocycles. The summed E-state index contributed by atoms with van der Waals surface area (Å²) in [6.45, 7) is 4.22. The van der Waals surface area contributed by atoms with Crippen LogP contribution in [0.1, 0.15) is 102 Å². The van der Waals surface area contributed by atoms with E-state index in [0.29, 0.717) is 16.5 Å². The van der Waals surface area contributed by atoms with Crippen LogP contribution in [0.15, 0.2) is 187 Å². The third kappa shape index (κ3) is 4.01. The second kappa shape index (κ2) is 12.1. The molecule has 68 heavy (non-hydrogen) atoms. The van der Waals surface area contributed by atoms with Crippen molar-refractivity contribution >= 4 is 71.3 Å². The normalized spacial score (nSPS) is 20.7. The summed E-state index contributed by atoms with van der Waals surface area (Å²) in [6.07, 6.45) is 0. The van der Waals surface area contributed by atoms with Gasteiger partial charge in [0.2, 0.25) is 0 Å². The fourth-order valence-electron chi connectivity index (χ4n) is 14.1. The number of nitrogens with zero attached hydrogens (tertiary/aromatic N) is 2. The molecule has 4 bridgehead atoms. The molecule has 0 saturated carbocycles. The molecule has 18 rings (SSSR count). The van der Waals surface area contributed by atoms with Crippen LogP contribution in [-0.2, 0) is 10.8 Å². The van der Waals surface area contributed by atoms with Crippen LogP contribution >= 0.6 is 0 Å². The Labute approximate surface area is 389 Å². The highest BCUT2D eigenvalue weighted by Crippen LogP contribution is 2.58. The van der Waals surface area contributed by atoms with E-state index >= 15 is 14.4 Å². The van der Waals surface area contributed by atoms with Crippen LogP contribution in [0.2, 0.25) is 0 Å². The minimum atomic E-state index is -0.903. The first-order valence-electron chi connectivity index (χ1n) is 23.6. The van der Waals surface area contributed by atoms with Crippen LogP contribution in [-0.4, -0.2) is 20.5 Å². The van der Waals surface area contributed by atoms with E-state index in [-0.39, 0.29) is 29.0 Å². The number of Topliss-reactive ketones (excluding diaryl/α,β-unsaturated/α-hetero) is 2. The number of rotatable bonds is 1. The van der Waals surface area contributed by atoms with Gasteiger partial charge >= 0.3 is 0 Å². The standard InChI is InChI=1S/C63H38N2O3/c1-62-47-24-12-8-20-36(47)54(37-21-9-13-25-48(37)62)41-28-40-43-30-53-56(34-18-6-7-19-35(34)61(68)64(53)33-16-4-3-5-17-33)57-46-29-42-45(32-52(46)65(58(43)57)51(40)31-44(41)59(62)66)60(67)63(2)49-26-14-10-22-38(49)55(42)39-23-11-15-27-50(39)63/h3-32,54-55H,1-2H3. The molecule has 0 saturated heterocycles. The molecule has 3 heterocycles. The second-order valence-corrected chi connectivity index (χ2v) is 19.9. The van der Waals surface area contributed by atoms with Gasteiger partial charge in [0.15, 0.2) is 11.6 Å². The van der Waals surface area contributed by atoms with Crippen LogP contribution in [0, 0.1) is 0 Å². The molecule has 5 nitrogen and oxygen atoms in total. The second-order valence-electron chi connectivity index (χ2n) is 19.9. The van der Waals surface area contributed by atoms with Crippen molar-refractivity contribution in [3.63, 3.8) is 0 Å². The Morgan fingerprint density at radius 1 is 0.382 bits per heavy atom. The average Bonchev–Trinajstić information content (AvgIpc) is 3.79. The zero-order valence-electron chi connectivity index (χ0n) is 37.1. The number of aromatic nitrogens is 2. The Morgan fingerprint density at radius 2 is 0.824 bits per heavy atom. The van der Waals surface area contributed by atoms with Crippen molar-refractivity contribution in [3.05, 3.63) is 259 Å². The molecule has 0 N–H and O–H groups in total. The molecule has 3 aromatic heterocycles. The zero-order valence-corrected chi connectivity index (χ0v) is 37.1. The van der Waals surface area contributed by atoms with Crippen LogP contribution in [0.25, 0.3) is 65.5 Å². The summed E-state index contributed by atoms with van der Waals surface area (Å²) >= 11 is 0. The predicted octanol–water partition coefficient (Wildman–Crippen LogP) is 13.3. The highest BCUT2D eigenvalue weighted by molar-refractivity contribution is 6.36. The average molecular weight is 871 g/mol. The Hall–Kier alpha value is -8.41. The Kier molecular flexibility index (Phi) is 6.56. The van der Waals surface area contributed by atoms with Crippen molar-refractivity contribution in [3.8, 4) is 5.69 Å². The molecule has 9 aromatic carbocycles. The lowest BCUT2D eigenvalue weighted by atomic mass is 9.64. The van der Waals surface area contributed by atoms with Crippen LogP contribution in [0.3, 0.4) is 0 Å². The summed E-state index contributed by atoms with van der Waals surface area (Å²) in [5.41, 5.74) is 14.7. The lowest BCUT2D eigenvalue weighted by Crippen LogP contribution is -2.36. The van der Waals surface area contributed by atoms with Crippen molar-refractivity contribution < 1.29 is 9.59 Å². The number of ketones is 2. The van der Waals surface area contributed by atoms with Gasteiger partial charge in [-0.3, -0.25) is 19.0 Å². The van der Waals surface area contributed by atoms with Crippen LogP contribution in [0.4, 0.5) is 0 Å². The quantitative estimate of drug-likeness (QED) is 0.154. The van der Waals surface area contributed by atoms with Crippen molar-refractivity contribution in [1.29, 1.82) is 0 Å². The molecule has 0 atom stereocenters. The third-order valence-corrected chi connectivity index (χ3v) is 17.0. The van der Waals surface area contributed by atoms with Crippen molar-refractivity contribution in [2.75, 3.05) is 0 Å². The number of fused-ring (bicyclic) bond motifs is 10. The number of hydrogen-bond acceptors (Lipinski definition) is 3. The van der Waals surface area contributed by atoms with E-state index < -0.39 is 10.8 Å². The lowest BCUT2D eigenvalue weighted by Gasteiger charge is -2.37. The smallest absolute Gasteiger partial charge is 0.263 e. The van der Waals surface area contributed by atoms with E-state index in [4.69, 9.17) is 0 Å². The van der Waals surface area contributed by atoms with Gasteiger partial charge in [0.25, 0.3) is 5.56 Å². The van der Waals surface area contributed by atoms with Crippen molar-refractivity contribution in [1.82, 2.24) is 8.97 Å². The number of para-hydroxylation sites is 1. The number of carbonyl (C=O) groups is 2. The topological polar surface area (TPSA) is 60.6 Å². The summed E-state index contributed by atoms with van der Waals surface area (Å²) in [4.78, 5) is 46.6. The first-order chi connectivity index (χ1) is 33.3. The maximum Gasteiger partial charge on any atom is 0.263 e. The molecule has 5 heteroatoms. The highest BCUT2D eigenvalue weighted by atomic mass is 16.1. The third-order valence-electron chi connectivity index (χ3n) is 17.0. The van der Waals surface area contributed by atoms with Crippen molar-refractivity contribution in [2.24, 2.45) is 0 Å². The Balaban J connectivity index is 1.13. The zero-order chi connectivity index (χ0) is 45.1. The largest absolute Gasteiger partial charge is 0.308 e. The number of carbonyl (C=O) groups excluding carboxylic acids is 2. The van der Waals surface area contributed by atoms with E-state index in [1.54, 1.807) is 0 Å². The molecule has 318 valence electrons. The number of pyridine rings is 1. The molecular formula is C63H38N2O3. The van der Waals surface area contributed by atoms with Gasteiger partial charge in [0.1, 0.15) is 0 Å². The van der Waals surface area contributed by atoms with Gasteiger partial charge in [0, 0.05) is 61.0 Å². The van der Waals surface area contributed by atoms with E-state index in [1.807, 2.05) is 53.1 Å². The molecule has 6 aliphatic carbocycles. The molecule has 0 amide bonds. The predicted molar refractivity (Wildman–Crippen MR) is 271 cm³/mol. The number of hydrogen-bond donors (Lipinski definition) is 0. The summed E-state index contributed by atoms with van der Waals surface area (Å²) in [7, 11) is 0. The Bertz CT molecular complexity index is 4340. The van der Waals surface area contributed by atoms with Crippen molar-refractivity contribution in [2.45, 2.75) is 36.5 Å². The van der Waals surface area contributed by atoms with Gasteiger partial charge < -0.3 is 4.40 Å². The van der Waals surface area contributed by atoms with Crippen LogP contribution < -0.4 is 5.56 Å². The van der Waals surface area contributed by atoms with Gasteiger partial charge in [-0.1, -0.05) is 133 Å². The highest BCUT2D eigenvalue weighted by Gasteiger charge is 2.52. The summed E-state index contributed by atoms with van der Waals surface area (Å²) in [6, 6.07) is 63.0. The summed E-state index contributed by atoms with van der Waals surface area (Å²) in [5.74, 6) is -0.168. The van der Waals surface area contributed by atoms with Gasteiger partial charge in [-0.05, 0) is 123 Å². The fraction of sp³-hybridized carbons (Fsp3) is 0.0952. The molecule has 0 unspecified atom stereocenters. The minimum absolute atomic E-state index is 0.0798. The molecular weight excluding hydrogens is 833 g/mol. The lowest BCUT2D eigenvalue weighted by molar-refractivity contribution is 0.0916. The molecule has 0 fully saturated rings. The molecule has 0 radical (unpaired) electrons.